The second-order valence-electron chi connectivity index (χ2n) is 6.22. The predicted octanol–water partition coefficient (Wildman–Crippen LogP) is 5.98. The first-order valence-electron chi connectivity index (χ1n) is 8.85. The Balaban J connectivity index is 1.57. The molecule has 0 fully saturated rings. The Morgan fingerprint density at radius 1 is 1.10 bits per heavy atom. The van der Waals surface area contributed by atoms with E-state index < -0.39 is 11.7 Å². The molecule has 0 aliphatic heterocycles. The summed E-state index contributed by atoms with van der Waals surface area (Å²) in [4.78, 5) is 12.6. The van der Waals surface area contributed by atoms with Crippen LogP contribution in [-0.2, 0) is 16.7 Å². The van der Waals surface area contributed by atoms with Crippen molar-refractivity contribution < 1.29 is 18.0 Å². The SMILES string of the molecule is CCC(C(=O)Nc1nnc(SCc2ccc(C(F)(F)F)cc2)s1)c1ccccc1. The molecule has 1 heterocycles. The molecular formula is C20H18F3N3OS2. The number of carbonyl (C=O) groups excluding carboxylic acids is 1. The van der Waals surface area contributed by atoms with E-state index in [1.807, 2.05) is 37.3 Å². The lowest BCUT2D eigenvalue weighted by atomic mass is 9.96. The monoisotopic (exact) mass is 437 g/mol. The molecule has 0 saturated heterocycles. The number of nitrogens with one attached hydrogen (secondary N) is 1. The first-order valence-corrected chi connectivity index (χ1v) is 10.6. The topological polar surface area (TPSA) is 54.9 Å². The van der Waals surface area contributed by atoms with Gasteiger partial charge in [0.05, 0.1) is 11.5 Å². The molecule has 1 N–H and O–H groups in total. The second kappa shape index (κ2) is 9.41. The normalized spacial score (nSPS) is 12.6. The van der Waals surface area contributed by atoms with Crippen LogP contribution < -0.4 is 5.32 Å². The summed E-state index contributed by atoms with van der Waals surface area (Å²) in [7, 11) is 0. The highest BCUT2D eigenvalue weighted by atomic mass is 32.2. The van der Waals surface area contributed by atoms with Gasteiger partial charge in [0.25, 0.3) is 0 Å². The number of halogens is 3. The summed E-state index contributed by atoms with van der Waals surface area (Å²) < 4.78 is 38.5. The van der Waals surface area contributed by atoms with Crippen molar-refractivity contribution in [3.8, 4) is 0 Å². The Morgan fingerprint density at radius 2 is 1.79 bits per heavy atom. The smallest absolute Gasteiger partial charge is 0.300 e. The quantitative estimate of drug-likeness (QED) is 0.365. The minimum absolute atomic E-state index is 0.144. The van der Waals surface area contributed by atoms with Crippen LogP contribution >= 0.6 is 23.1 Å². The van der Waals surface area contributed by atoms with Crippen LogP contribution in [0.25, 0.3) is 0 Å². The summed E-state index contributed by atoms with van der Waals surface area (Å²) in [6.45, 7) is 1.95. The van der Waals surface area contributed by atoms with Gasteiger partial charge < -0.3 is 0 Å². The van der Waals surface area contributed by atoms with E-state index in [-0.39, 0.29) is 11.8 Å². The molecule has 29 heavy (non-hydrogen) atoms. The highest BCUT2D eigenvalue weighted by Gasteiger charge is 2.29. The summed E-state index contributed by atoms with van der Waals surface area (Å²) in [6, 6.07) is 14.6. The minimum Gasteiger partial charge on any atom is -0.300 e. The Hall–Kier alpha value is -2.39. The molecule has 0 aliphatic rings. The maximum Gasteiger partial charge on any atom is 0.416 e. The summed E-state index contributed by atoms with van der Waals surface area (Å²) in [5.74, 6) is 0.0416. The highest BCUT2D eigenvalue weighted by molar-refractivity contribution is 8.00. The molecular weight excluding hydrogens is 419 g/mol. The largest absolute Gasteiger partial charge is 0.416 e. The third-order valence-corrected chi connectivity index (χ3v) is 6.25. The maximum absolute atomic E-state index is 12.6. The molecule has 0 aliphatic carbocycles. The Bertz CT molecular complexity index is 944. The van der Waals surface area contributed by atoms with Crippen LogP contribution in [0.1, 0.15) is 36.0 Å². The molecule has 3 rings (SSSR count). The molecule has 3 aromatic rings. The maximum atomic E-state index is 12.6. The lowest BCUT2D eigenvalue weighted by molar-refractivity contribution is -0.137. The van der Waals surface area contributed by atoms with E-state index >= 15 is 0 Å². The molecule has 0 spiro atoms. The molecule has 1 aromatic heterocycles. The number of alkyl halides is 3. The van der Waals surface area contributed by atoms with Gasteiger partial charge in [0.1, 0.15) is 0 Å². The molecule has 2 aromatic carbocycles. The Kier molecular flexibility index (Phi) is 6.92. The number of benzene rings is 2. The Labute approximate surface area is 174 Å². The molecule has 0 radical (unpaired) electrons. The summed E-state index contributed by atoms with van der Waals surface area (Å²) in [5, 5.41) is 11.2. The van der Waals surface area contributed by atoms with Gasteiger partial charge in [0.2, 0.25) is 11.0 Å². The van der Waals surface area contributed by atoms with Crippen LogP contribution in [0.4, 0.5) is 18.3 Å². The van der Waals surface area contributed by atoms with Crippen molar-refractivity contribution in [3.63, 3.8) is 0 Å². The first kappa shape index (κ1) is 21.3. The van der Waals surface area contributed by atoms with Crippen molar-refractivity contribution in [2.75, 3.05) is 5.32 Å². The van der Waals surface area contributed by atoms with Gasteiger partial charge in [0.15, 0.2) is 4.34 Å². The van der Waals surface area contributed by atoms with E-state index in [1.165, 1.54) is 35.2 Å². The van der Waals surface area contributed by atoms with Crippen molar-refractivity contribution in [1.29, 1.82) is 0 Å². The summed E-state index contributed by atoms with van der Waals surface area (Å²) >= 11 is 2.60. The molecule has 0 saturated carbocycles. The van der Waals surface area contributed by atoms with E-state index in [9.17, 15) is 18.0 Å². The van der Waals surface area contributed by atoms with Crippen molar-refractivity contribution in [2.45, 2.75) is 35.5 Å². The fraction of sp³-hybridized carbons (Fsp3) is 0.250. The van der Waals surface area contributed by atoms with Crippen LogP contribution in [0.2, 0.25) is 0 Å². The number of nitrogens with zero attached hydrogens (tertiary/aromatic N) is 2. The van der Waals surface area contributed by atoms with Gasteiger partial charge in [-0.25, -0.2) is 0 Å². The van der Waals surface area contributed by atoms with Gasteiger partial charge in [0, 0.05) is 5.75 Å². The summed E-state index contributed by atoms with van der Waals surface area (Å²) in [5.41, 5.74) is 1.02. The van der Waals surface area contributed by atoms with Crippen LogP contribution in [0.15, 0.2) is 58.9 Å². The van der Waals surface area contributed by atoms with Crippen molar-refractivity contribution >= 4 is 34.1 Å². The van der Waals surface area contributed by atoms with Crippen LogP contribution in [-0.4, -0.2) is 16.1 Å². The second-order valence-corrected chi connectivity index (χ2v) is 8.42. The summed E-state index contributed by atoms with van der Waals surface area (Å²) in [6.07, 6.45) is -3.68. The number of amides is 1. The number of anilines is 1. The van der Waals surface area contributed by atoms with Gasteiger partial charge in [-0.1, -0.05) is 72.5 Å². The minimum atomic E-state index is -4.34. The van der Waals surface area contributed by atoms with Crippen LogP contribution in [0, 0.1) is 0 Å². The third-order valence-electron chi connectivity index (χ3n) is 4.21. The van der Waals surface area contributed by atoms with E-state index in [1.54, 1.807) is 0 Å². The van der Waals surface area contributed by atoms with E-state index in [4.69, 9.17) is 0 Å². The van der Waals surface area contributed by atoms with Crippen molar-refractivity contribution in [1.82, 2.24) is 10.2 Å². The first-order chi connectivity index (χ1) is 13.9. The predicted molar refractivity (Wildman–Crippen MR) is 109 cm³/mol. The van der Waals surface area contributed by atoms with E-state index in [0.29, 0.717) is 21.6 Å². The fourth-order valence-corrected chi connectivity index (χ4v) is 4.41. The molecule has 152 valence electrons. The van der Waals surface area contributed by atoms with E-state index in [0.717, 1.165) is 23.3 Å². The van der Waals surface area contributed by atoms with Gasteiger partial charge in [-0.05, 0) is 29.7 Å². The van der Waals surface area contributed by atoms with Gasteiger partial charge >= 0.3 is 6.18 Å². The number of thioether (sulfide) groups is 1. The van der Waals surface area contributed by atoms with Gasteiger partial charge in [-0.3, -0.25) is 10.1 Å². The van der Waals surface area contributed by atoms with Gasteiger partial charge in [-0.15, -0.1) is 10.2 Å². The lowest BCUT2D eigenvalue weighted by Gasteiger charge is -2.13. The standard InChI is InChI=1S/C20H18F3N3OS2/c1-2-16(14-6-4-3-5-7-14)17(27)24-18-25-26-19(29-18)28-12-13-8-10-15(11-9-13)20(21,22)23/h3-11,16H,2,12H2,1H3,(H,24,25,27). The number of hydrogen-bond acceptors (Lipinski definition) is 5. The van der Waals surface area contributed by atoms with Crippen molar-refractivity contribution in [3.05, 3.63) is 71.3 Å². The molecule has 1 amide bonds. The fourth-order valence-electron chi connectivity index (χ4n) is 2.70. The zero-order valence-corrected chi connectivity index (χ0v) is 17.1. The number of carbonyl (C=O) groups is 1. The van der Waals surface area contributed by atoms with Crippen LogP contribution in [0.3, 0.4) is 0 Å². The average Bonchev–Trinajstić information content (AvgIpc) is 3.15. The molecule has 1 atom stereocenters. The van der Waals surface area contributed by atoms with E-state index in [2.05, 4.69) is 15.5 Å². The third kappa shape index (κ3) is 5.80. The molecule has 1 unspecified atom stereocenters. The molecule has 0 bridgehead atoms. The zero-order chi connectivity index (χ0) is 20.9. The molecule has 4 nitrogen and oxygen atoms in total. The zero-order valence-electron chi connectivity index (χ0n) is 15.4. The number of aromatic nitrogens is 2. The van der Waals surface area contributed by atoms with Crippen molar-refractivity contribution in [2.24, 2.45) is 0 Å². The lowest BCUT2D eigenvalue weighted by Crippen LogP contribution is -2.20. The average molecular weight is 438 g/mol. The number of hydrogen-bond donors (Lipinski definition) is 1. The Morgan fingerprint density at radius 3 is 2.41 bits per heavy atom. The van der Waals surface area contributed by atoms with Gasteiger partial charge in [-0.2, -0.15) is 13.2 Å². The van der Waals surface area contributed by atoms with Crippen LogP contribution in [0.5, 0.6) is 0 Å². The highest BCUT2D eigenvalue weighted by Crippen LogP contribution is 2.32. The molecule has 9 heteroatoms. The number of rotatable bonds is 7.